The lowest BCUT2D eigenvalue weighted by atomic mass is 9.85. The van der Waals surface area contributed by atoms with Gasteiger partial charge in [-0.3, -0.25) is 4.98 Å². The fourth-order valence-corrected chi connectivity index (χ4v) is 2.53. The van der Waals surface area contributed by atoms with Crippen molar-refractivity contribution in [1.82, 2.24) is 4.98 Å². The monoisotopic (exact) mass is 277 g/mol. The minimum atomic E-state index is -1.74. The SMILES string of the molecule is Cc1cccc(C(F)(c2ccccc2)c2ccccc2)n1. The number of pyridine rings is 1. The summed E-state index contributed by atoms with van der Waals surface area (Å²) in [7, 11) is 0. The smallest absolute Gasteiger partial charge is 0.202 e. The first-order chi connectivity index (χ1) is 10.2. The van der Waals surface area contributed by atoms with Crippen LogP contribution in [-0.4, -0.2) is 4.98 Å². The Kier molecular flexibility index (Phi) is 3.53. The summed E-state index contributed by atoms with van der Waals surface area (Å²) in [6.45, 7) is 1.87. The number of halogens is 1. The van der Waals surface area contributed by atoms with Gasteiger partial charge in [0, 0.05) is 5.69 Å². The van der Waals surface area contributed by atoms with Crippen LogP contribution in [0.2, 0.25) is 0 Å². The van der Waals surface area contributed by atoms with Crippen molar-refractivity contribution in [1.29, 1.82) is 0 Å². The third kappa shape index (κ3) is 2.45. The molecule has 0 unspecified atom stereocenters. The van der Waals surface area contributed by atoms with E-state index >= 15 is 4.39 Å². The molecular weight excluding hydrogens is 261 g/mol. The average molecular weight is 277 g/mol. The maximum Gasteiger partial charge on any atom is 0.202 e. The molecule has 0 N–H and O–H groups in total. The van der Waals surface area contributed by atoms with Gasteiger partial charge in [0.25, 0.3) is 0 Å². The first-order valence-electron chi connectivity index (χ1n) is 6.95. The van der Waals surface area contributed by atoms with Crippen LogP contribution in [0.5, 0.6) is 0 Å². The highest BCUT2D eigenvalue weighted by atomic mass is 19.1. The second-order valence-corrected chi connectivity index (χ2v) is 5.05. The standard InChI is InChI=1S/C19H16FN/c1-15-9-8-14-18(21-15)19(20,16-10-4-2-5-11-16)17-12-6-3-7-13-17/h2-14H,1H3. The Morgan fingerprint density at radius 2 is 1.24 bits per heavy atom. The van der Waals surface area contributed by atoms with Gasteiger partial charge < -0.3 is 0 Å². The lowest BCUT2D eigenvalue weighted by Gasteiger charge is -2.26. The van der Waals surface area contributed by atoms with Gasteiger partial charge in [-0.05, 0) is 30.2 Å². The highest BCUT2D eigenvalue weighted by molar-refractivity contribution is 5.44. The van der Waals surface area contributed by atoms with E-state index in [9.17, 15) is 0 Å². The number of hydrogen-bond acceptors (Lipinski definition) is 1. The maximum atomic E-state index is 16.1. The third-order valence-corrected chi connectivity index (χ3v) is 3.58. The summed E-state index contributed by atoms with van der Waals surface area (Å²) >= 11 is 0. The third-order valence-electron chi connectivity index (χ3n) is 3.58. The van der Waals surface area contributed by atoms with E-state index in [-0.39, 0.29) is 0 Å². The lowest BCUT2D eigenvalue weighted by molar-refractivity contribution is 0.273. The van der Waals surface area contributed by atoms with E-state index in [1.54, 1.807) is 30.3 Å². The van der Waals surface area contributed by atoms with E-state index < -0.39 is 5.67 Å². The Balaban J connectivity index is 2.25. The Morgan fingerprint density at radius 1 is 0.714 bits per heavy atom. The van der Waals surface area contributed by atoms with Gasteiger partial charge >= 0.3 is 0 Å². The predicted octanol–water partition coefficient (Wildman–Crippen LogP) is 4.65. The molecule has 0 atom stereocenters. The average Bonchev–Trinajstić information content (AvgIpc) is 2.56. The van der Waals surface area contributed by atoms with Crippen molar-refractivity contribution in [2.45, 2.75) is 12.6 Å². The summed E-state index contributed by atoms with van der Waals surface area (Å²) in [4.78, 5) is 4.42. The Hall–Kier alpha value is -2.48. The van der Waals surface area contributed by atoms with Gasteiger partial charge in [-0.1, -0.05) is 66.7 Å². The summed E-state index contributed by atoms with van der Waals surface area (Å²) in [5, 5.41) is 0. The van der Waals surface area contributed by atoms with Crippen molar-refractivity contribution in [3.63, 3.8) is 0 Å². The van der Waals surface area contributed by atoms with Crippen LogP contribution in [0.3, 0.4) is 0 Å². The predicted molar refractivity (Wildman–Crippen MR) is 82.8 cm³/mol. The molecule has 0 fully saturated rings. The second-order valence-electron chi connectivity index (χ2n) is 5.05. The molecule has 0 aliphatic carbocycles. The zero-order chi connectivity index (χ0) is 14.7. The van der Waals surface area contributed by atoms with Crippen molar-refractivity contribution < 1.29 is 4.39 Å². The first kappa shape index (κ1) is 13.5. The van der Waals surface area contributed by atoms with E-state index in [2.05, 4.69) is 4.98 Å². The number of nitrogens with zero attached hydrogens (tertiary/aromatic N) is 1. The molecule has 1 heterocycles. The van der Waals surface area contributed by atoms with E-state index in [1.165, 1.54) is 0 Å². The molecule has 0 aliphatic heterocycles. The van der Waals surface area contributed by atoms with Crippen LogP contribution >= 0.6 is 0 Å². The summed E-state index contributed by atoms with van der Waals surface area (Å²) in [6, 6.07) is 23.8. The molecule has 3 rings (SSSR count). The number of benzene rings is 2. The quantitative estimate of drug-likeness (QED) is 0.679. The van der Waals surface area contributed by atoms with Gasteiger partial charge in [0.2, 0.25) is 5.67 Å². The molecule has 0 saturated heterocycles. The topological polar surface area (TPSA) is 12.9 Å². The van der Waals surface area contributed by atoms with Gasteiger partial charge in [0.1, 0.15) is 0 Å². The molecule has 0 aliphatic rings. The molecule has 0 radical (unpaired) electrons. The minimum Gasteiger partial charge on any atom is -0.254 e. The van der Waals surface area contributed by atoms with Crippen LogP contribution < -0.4 is 0 Å². The maximum absolute atomic E-state index is 16.1. The fraction of sp³-hybridized carbons (Fsp3) is 0.105. The van der Waals surface area contributed by atoms with Gasteiger partial charge in [-0.2, -0.15) is 0 Å². The molecule has 2 heteroatoms. The van der Waals surface area contributed by atoms with Crippen molar-refractivity contribution in [2.75, 3.05) is 0 Å². The zero-order valence-electron chi connectivity index (χ0n) is 11.8. The van der Waals surface area contributed by atoms with Crippen molar-refractivity contribution in [3.05, 3.63) is 101 Å². The van der Waals surface area contributed by atoms with Crippen LogP contribution in [0.15, 0.2) is 78.9 Å². The molecule has 0 saturated carbocycles. The number of alkyl halides is 1. The summed E-state index contributed by atoms with van der Waals surface area (Å²) < 4.78 is 16.1. The Morgan fingerprint density at radius 3 is 1.71 bits per heavy atom. The number of aryl methyl sites for hydroxylation is 1. The van der Waals surface area contributed by atoms with Crippen LogP contribution in [0.4, 0.5) is 4.39 Å². The molecule has 0 amide bonds. The van der Waals surface area contributed by atoms with E-state index in [0.717, 1.165) is 5.69 Å². The van der Waals surface area contributed by atoms with Crippen LogP contribution in [-0.2, 0) is 5.67 Å². The van der Waals surface area contributed by atoms with Crippen LogP contribution in [0.1, 0.15) is 22.5 Å². The van der Waals surface area contributed by atoms with Gasteiger partial charge in [-0.25, -0.2) is 4.39 Å². The first-order valence-corrected chi connectivity index (χ1v) is 6.95. The van der Waals surface area contributed by atoms with Crippen LogP contribution in [0.25, 0.3) is 0 Å². The molecule has 1 aromatic heterocycles. The minimum absolute atomic E-state index is 0.417. The molecule has 21 heavy (non-hydrogen) atoms. The highest BCUT2D eigenvalue weighted by Gasteiger charge is 2.37. The molecule has 2 aromatic carbocycles. The molecule has 0 spiro atoms. The molecular formula is C19H16FN. The van der Waals surface area contributed by atoms with Crippen LogP contribution in [0, 0.1) is 6.92 Å². The number of aromatic nitrogens is 1. The Bertz CT molecular complexity index is 683. The summed E-state index contributed by atoms with van der Waals surface area (Å²) in [5.41, 5.74) is 0.666. The summed E-state index contributed by atoms with van der Waals surface area (Å²) in [6.07, 6.45) is 0. The molecule has 3 aromatic rings. The van der Waals surface area contributed by atoms with Gasteiger partial charge in [0.15, 0.2) is 0 Å². The van der Waals surface area contributed by atoms with E-state index in [0.29, 0.717) is 16.8 Å². The molecule has 0 bridgehead atoms. The van der Waals surface area contributed by atoms with Crippen molar-refractivity contribution in [2.24, 2.45) is 0 Å². The molecule has 1 nitrogen and oxygen atoms in total. The zero-order valence-corrected chi connectivity index (χ0v) is 11.8. The highest BCUT2D eigenvalue weighted by Crippen LogP contribution is 2.39. The van der Waals surface area contributed by atoms with Crippen molar-refractivity contribution in [3.8, 4) is 0 Å². The molecule has 104 valence electrons. The van der Waals surface area contributed by atoms with Crippen molar-refractivity contribution >= 4 is 0 Å². The van der Waals surface area contributed by atoms with Gasteiger partial charge in [0.05, 0.1) is 5.69 Å². The number of rotatable bonds is 3. The fourth-order valence-electron chi connectivity index (χ4n) is 2.53. The largest absolute Gasteiger partial charge is 0.254 e. The van der Waals surface area contributed by atoms with Gasteiger partial charge in [-0.15, -0.1) is 0 Å². The Labute approximate surface area is 124 Å². The summed E-state index contributed by atoms with van der Waals surface area (Å²) in [5.74, 6) is 0. The lowest BCUT2D eigenvalue weighted by Crippen LogP contribution is -2.25. The van der Waals surface area contributed by atoms with E-state index in [4.69, 9.17) is 0 Å². The van der Waals surface area contributed by atoms with E-state index in [1.807, 2.05) is 55.5 Å². The second kappa shape index (κ2) is 5.49. The number of hydrogen-bond donors (Lipinski definition) is 0. The normalized spacial score (nSPS) is 11.3.